The molecule has 0 aliphatic heterocycles. The minimum atomic E-state index is -0.978. The highest BCUT2D eigenvalue weighted by Gasteiger charge is 2.24. The van der Waals surface area contributed by atoms with Gasteiger partial charge in [0.1, 0.15) is 5.75 Å². The van der Waals surface area contributed by atoms with Crippen molar-refractivity contribution in [2.45, 2.75) is 6.42 Å². The lowest BCUT2D eigenvalue weighted by molar-refractivity contribution is 0.0696. The summed E-state index contributed by atoms with van der Waals surface area (Å²) < 4.78 is 0. The zero-order valence-corrected chi connectivity index (χ0v) is 11.0. The van der Waals surface area contributed by atoms with Gasteiger partial charge in [-0.1, -0.05) is 12.1 Å². The van der Waals surface area contributed by atoms with Crippen molar-refractivity contribution < 1.29 is 19.8 Å². The standard InChI is InChI=1S/C17H12O4/c18-14-5-6-15-12(9-14)8-13(16(15)19)7-10-1-3-11(4-2-10)17(20)21/h1-7,9,18H,8H2,(H,20,21)/b13-7+. The van der Waals surface area contributed by atoms with E-state index in [0.717, 1.165) is 11.1 Å². The lowest BCUT2D eigenvalue weighted by atomic mass is 10.1. The first-order chi connectivity index (χ1) is 10.0. The number of carbonyl (C=O) groups excluding carboxylic acids is 1. The molecule has 0 amide bonds. The molecule has 0 spiro atoms. The Hall–Kier alpha value is -2.88. The predicted molar refractivity (Wildman–Crippen MR) is 77.5 cm³/mol. The van der Waals surface area contributed by atoms with Crippen LogP contribution in [-0.4, -0.2) is 22.0 Å². The number of aromatic carboxylic acids is 1. The highest BCUT2D eigenvalue weighted by Crippen LogP contribution is 2.30. The number of ketones is 1. The number of phenols is 1. The number of carboxylic acid groups (broad SMARTS) is 1. The highest BCUT2D eigenvalue weighted by molar-refractivity contribution is 6.15. The van der Waals surface area contributed by atoms with E-state index >= 15 is 0 Å². The van der Waals surface area contributed by atoms with Gasteiger partial charge in [0, 0.05) is 17.6 Å². The van der Waals surface area contributed by atoms with Crippen molar-refractivity contribution in [2.24, 2.45) is 0 Å². The summed E-state index contributed by atoms with van der Waals surface area (Å²) in [6, 6.07) is 11.1. The number of carboxylic acids is 1. The average Bonchev–Trinajstić information content (AvgIpc) is 2.75. The zero-order chi connectivity index (χ0) is 15.0. The molecular weight excluding hydrogens is 268 g/mol. The molecule has 0 radical (unpaired) electrons. The topological polar surface area (TPSA) is 74.6 Å². The summed E-state index contributed by atoms with van der Waals surface area (Å²) in [5.41, 5.74) is 3.05. The second-order valence-corrected chi connectivity index (χ2v) is 4.94. The number of phenolic OH excluding ortho intramolecular Hbond substituents is 1. The van der Waals surface area contributed by atoms with E-state index in [9.17, 15) is 14.7 Å². The van der Waals surface area contributed by atoms with Gasteiger partial charge in [0.15, 0.2) is 5.78 Å². The van der Waals surface area contributed by atoms with Gasteiger partial charge in [-0.05, 0) is 47.5 Å². The lowest BCUT2D eigenvalue weighted by Gasteiger charge is -1.98. The molecular formula is C17H12O4. The molecule has 3 rings (SSSR count). The fraction of sp³-hybridized carbons (Fsp3) is 0.0588. The Morgan fingerprint density at radius 2 is 1.81 bits per heavy atom. The van der Waals surface area contributed by atoms with Crippen LogP contribution in [0.2, 0.25) is 0 Å². The van der Waals surface area contributed by atoms with Crippen molar-refractivity contribution in [2.75, 3.05) is 0 Å². The minimum Gasteiger partial charge on any atom is -0.508 e. The van der Waals surface area contributed by atoms with E-state index in [1.54, 1.807) is 30.3 Å². The van der Waals surface area contributed by atoms with Gasteiger partial charge in [-0.15, -0.1) is 0 Å². The van der Waals surface area contributed by atoms with Gasteiger partial charge in [0.25, 0.3) is 0 Å². The highest BCUT2D eigenvalue weighted by atomic mass is 16.4. The van der Waals surface area contributed by atoms with Crippen LogP contribution in [0.1, 0.15) is 31.8 Å². The quantitative estimate of drug-likeness (QED) is 0.829. The van der Waals surface area contributed by atoms with Crippen molar-refractivity contribution in [3.8, 4) is 5.75 Å². The summed E-state index contributed by atoms with van der Waals surface area (Å²) in [4.78, 5) is 23.0. The summed E-state index contributed by atoms with van der Waals surface area (Å²) >= 11 is 0. The van der Waals surface area contributed by atoms with Crippen molar-refractivity contribution in [1.82, 2.24) is 0 Å². The number of aromatic hydroxyl groups is 1. The molecule has 0 atom stereocenters. The Morgan fingerprint density at radius 1 is 1.10 bits per heavy atom. The van der Waals surface area contributed by atoms with Gasteiger partial charge in [-0.25, -0.2) is 4.79 Å². The third-order valence-electron chi connectivity index (χ3n) is 3.50. The first kappa shape index (κ1) is 13.1. The SMILES string of the molecule is O=C(O)c1ccc(/C=C2\Cc3cc(O)ccc3C2=O)cc1. The third kappa shape index (κ3) is 2.43. The normalized spacial score (nSPS) is 15.2. The average molecular weight is 280 g/mol. The molecule has 21 heavy (non-hydrogen) atoms. The van der Waals surface area contributed by atoms with Gasteiger partial charge in [-0.2, -0.15) is 0 Å². The molecule has 0 saturated carbocycles. The number of rotatable bonds is 2. The van der Waals surface area contributed by atoms with Gasteiger partial charge >= 0.3 is 5.97 Å². The van der Waals surface area contributed by atoms with Crippen LogP contribution in [-0.2, 0) is 6.42 Å². The Bertz CT molecular complexity index is 770. The largest absolute Gasteiger partial charge is 0.508 e. The summed E-state index contributed by atoms with van der Waals surface area (Å²) in [6.07, 6.45) is 2.23. The molecule has 4 heteroatoms. The summed E-state index contributed by atoms with van der Waals surface area (Å²) in [5, 5.41) is 18.3. The van der Waals surface area contributed by atoms with E-state index in [4.69, 9.17) is 5.11 Å². The van der Waals surface area contributed by atoms with E-state index in [2.05, 4.69) is 0 Å². The molecule has 0 fully saturated rings. The van der Waals surface area contributed by atoms with E-state index in [1.165, 1.54) is 18.2 Å². The lowest BCUT2D eigenvalue weighted by Crippen LogP contribution is -1.96. The first-order valence-corrected chi connectivity index (χ1v) is 6.45. The summed E-state index contributed by atoms with van der Waals surface area (Å²) in [5.74, 6) is -0.880. The van der Waals surface area contributed by atoms with Crippen LogP contribution in [0.5, 0.6) is 5.75 Å². The molecule has 104 valence electrons. The van der Waals surface area contributed by atoms with Crippen molar-refractivity contribution in [3.63, 3.8) is 0 Å². The molecule has 4 nitrogen and oxygen atoms in total. The van der Waals surface area contributed by atoms with E-state index in [0.29, 0.717) is 17.6 Å². The second-order valence-electron chi connectivity index (χ2n) is 4.94. The van der Waals surface area contributed by atoms with E-state index in [-0.39, 0.29) is 17.1 Å². The smallest absolute Gasteiger partial charge is 0.335 e. The van der Waals surface area contributed by atoms with Crippen LogP contribution in [0.3, 0.4) is 0 Å². The van der Waals surface area contributed by atoms with Crippen LogP contribution in [0, 0.1) is 0 Å². The molecule has 0 saturated heterocycles. The molecule has 0 unspecified atom stereocenters. The monoisotopic (exact) mass is 280 g/mol. The van der Waals surface area contributed by atoms with Crippen LogP contribution >= 0.6 is 0 Å². The number of Topliss-reactive ketones (excluding diaryl/α,β-unsaturated/α-hetero) is 1. The number of carbonyl (C=O) groups is 2. The Labute approximate surface area is 121 Å². The van der Waals surface area contributed by atoms with Gasteiger partial charge < -0.3 is 10.2 Å². The Morgan fingerprint density at radius 3 is 2.48 bits per heavy atom. The third-order valence-corrected chi connectivity index (χ3v) is 3.50. The maximum Gasteiger partial charge on any atom is 0.335 e. The van der Waals surface area contributed by atoms with Crippen LogP contribution in [0.25, 0.3) is 6.08 Å². The van der Waals surface area contributed by atoms with Crippen molar-refractivity contribution in [3.05, 3.63) is 70.3 Å². The van der Waals surface area contributed by atoms with E-state index in [1.807, 2.05) is 0 Å². The van der Waals surface area contributed by atoms with Gasteiger partial charge in [0.05, 0.1) is 5.56 Å². The fourth-order valence-electron chi connectivity index (χ4n) is 2.45. The van der Waals surface area contributed by atoms with Crippen molar-refractivity contribution >= 4 is 17.8 Å². The number of hydrogen-bond donors (Lipinski definition) is 2. The van der Waals surface area contributed by atoms with Crippen LogP contribution in [0.4, 0.5) is 0 Å². The first-order valence-electron chi connectivity index (χ1n) is 6.45. The van der Waals surface area contributed by atoms with E-state index < -0.39 is 5.97 Å². The zero-order valence-electron chi connectivity index (χ0n) is 11.0. The molecule has 0 aromatic heterocycles. The number of benzene rings is 2. The predicted octanol–water partition coefficient (Wildman–Crippen LogP) is 2.91. The second kappa shape index (κ2) is 4.90. The summed E-state index contributed by atoms with van der Waals surface area (Å²) in [6.45, 7) is 0. The molecule has 2 aromatic carbocycles. The molecule has 2 aromatic rings. The maximum absolute atomic E-state index is 12.2. The fourth-order valence-corrected chi connectivity index (χ4v) is 2.45. The van der Waals surface area contributed by atoms with Gasteiger partial charge in [-0.3, -0.25) is 4.79 Å². The summed E-state index contributed by atoms with van der Waals surface area (Å²) in [7, 11) is 0. The number of hydrogen-bond acceptors (Lipinski definition) is 3. The molecule has 0 bridgehead atoms. The molecule has 1 aliphatic rings. The Balaban J connectivity index is 1.92. The van der Waals surface area contributed by atoms with Gasteiger partial charge in [0.2, 0.25) is 0 Å². The Kier molecular flexibility index (Phi) is 3.06. The van der Waals surface area contributed by atoms with Crippen LogP contribution < -0.4 is 0 Å². The minimum absolute atomic E-state index is 0.0488. The van der Waals surface area contributed by atoms with Crippen LogP contribution in [0.15, 0.2) is 48.0 Å². The van der Waals surface area contributed by atoms with Crippen molar-refractivity contribution in [1.29, 1.82) is 0 Å². The maximum atomic E-state index is 12.2. The number of fused-ring (bicyclic) bond motifs is 1. The molecule has 0 heterocycles. The number of allylic oxidation sites excluding steroid dienone is 1. The molecule has 1 aliphatic carbocycles. The molecule has 2 N–H and O–H groups in total.